The predicted molar refractivity (Wildman–Crippen MR) is 77.9 cm³/mol. The Labute approximate surface area is 111 Å². The molecule has 0 saturated heterocycles. The molecule has 0 fully saturated rings. The van der Waals surface area contributed by atoms with E-state index in [1.807, 2.05) is 6.20 Å². The Bertz CT molecular complexity index is 625. The van der Waals surface area contributed by atoms with Crippen LogP contribution in [0, 0.1) is 0 Å². The third-order valence-corrected chi connectivity index (χ3v) is 4.02. The summed E-state index contributed by atoms with van der Waals surface area (Å²) in [4.78, 5) is 3.31. The molecule has 0 saturated carbocycles. The summed E-state index contributed by atoms with van der Waals surface area (Å²) in [5, 5.41) is 9.17. The van der Waals surface area contributed by atoms with Gasteiger partial charge in [-0.1, -0.05) is 18.2 Å². The van der Waals surface area contributed by atoms with Crippen LogP contribution in [0.25, 0.3) is 10.9 Å². The van der Waals surface area contributed by atoms with Gasteiger partial charge in [0.1, 0.15) is 0 Å². The SMILES string of the molecule is CC(NCc1cccc2cc[nH]c12)c1ccsc1. The van der Waals surface area contributed by atoms with Crippen LogP contribution < -0.4 is 5.32 Å². The second-order valence-electron chi connectivity index (χ2n) is 4.52. The van der Waals surface area contributed by atoms with Gasteiger partial charge in [-0.25, -0.2) is 0 Å². The van der Waals surface area contributed by atoms with Crippen LogP contribution in [0.5, 0.6) is 0 Å². The van der Waals surface area contributed by atoms with E-state index >= 15 is 0 Å². The van der Waals surface area contributed by atoms with Gasteiger partial charge in [0.25, 0.3) is 0 Å². The quantitative estimate of drug-likeness (QED) is 0.723. The minimum Gasteiger partial charge on any atom is -0.361 e. The van der Waals surface area contributed by atoms with Gasteiger partial charge in [0.2, 0.25) is 0 Å². The molecule has 0 aliphatic carbocycles. The first-order valence-electron chi connectivity index (χ1n) is 6.15. The molecular formula is C15H16N2S. The molecule has 0 aliphatic heterocycles. The summed E-state index contributed by atoms with van der Waals surface area (Å²) in [7, 11) is 0. The maximum absolute atomic E-state index is 3.57. The zero-order chi connectivity index (χ0) is 12.4. The topological polar surface area (TPSA) is 27.8 Å². The standard InChI is InChI=1S/C15H16N2S/c1-11(14-6-8-18-10-14)17-9-13-4-2-3-12-5-7-16-15(12)13/h2-8,10-11,16-17H,9H2,1H3. The van der Waals surface area contributed by atoms with Gasteiger partial charge in [0.15, 0.2) is 0 Å². The van der Waals surface area contributed by atoms with Crippen LogP contribution in [-0.2, 0) is 6.54 Å². The molecule has 0 amide bonds. The minimum absolute atomic E-state index is 0.390. The van der Waals surface area contributed by atoms with Crippen LogP contribution in [0.15, 0.2) is 47.3 Å². The number of fused-ring (bicyclic) bond motifs is 1. The van der Waals surface area contributed by atoms with E-state index in [2.05, 4.69) is 58.3 Å². The normalized spacial score (nSPS) is 12.9. The fourth-order valence-electron chi connectivity index (χ4n) is 2.20. The van der Waals surface area contributed by atoms with Gasteiger partial charge < -0.3 is 10.3 Å². The number of hydrogen-bond acceptors (Lipinski definition) is 2. The summed E-state index contributed by atoms with van der Waals surface area (Å²) >= 11 is 1.75. The molecule has 3 rings (SSSR count). The molecular weight excluding hydrogens is 240 g/mol. The first-order valence-corrected chi connectivity index (χ1v) is 7.09. The highest BCUT2D eigenvalue weighted by Crippen LogP contribution is 2.19. The van der Waals surface area contributed by atoms with Crippen molar-refractivity contribution < 1.29 is 0 Å². The molecule has 1 unspecified atom stereocenters. The van der Waals surface area contributed by atoms with Gasteiger partial charge in [-0.15, -0.1) is 0 Å². The number of hydrogen-bond donors (Lipinski definition) is 2. The molecule has 0 radical (unpaired) electrons. The number of thiophene rings is 1. The van der Waals surface area contributed by atoms with Crippen LogP contribution in [0.1, 0.15) is 24.1 Å². The van der Waals surface area contributed by atoms with Crippen molar-refractivity contribution in [1.82, 2.24) is 10.3 Å². The van der Waals surface area contributed by atoms with E-state index in [4.69, 9.17) is 0 Å². The van der Waals surface area contributed by atoms with Gasteiger partial charge in [-0.05, 0) is 46.3 Å². The van der Waals surface area contributed by atoms with Crippen molar-refractivity contribution in [2.45, 2.75) is 19.5 Å². The predicted octanol–water partition coefficient (Wildman–Crippen LogP) is 4.08. The van der Waals surface area contributed by atoms with Crippen LogP contribution in [0.2, 0.25) is 0 Å². The number of rotatable bonds is 4. The lowest BCUT2D eigenvalue weighted by Crippen LogP contribution is -2.17. The first-order chi connectivity index (χ1) is 8.84. The summed E-state index contributed by atoms with van der Waals surface area (Å²) in [5.41, 5.74) is 3.92. The second kappa shape index (κ2) is 4.96. The van der Waals surface area contributed by atoms with Crippen molar-refractivity contribution in [3.63, 3.8) is 0 Å². The Morgan fingerprint density at radius 2 is 2.22 bits per heavy atom. The number of nitrogens with one attached hydrogen (secondary N) is 2. The van der Waals surface area contributed by atoms with Crippen LogP contribution in [-0.4, -0.2) is 4.98 Å². The molecule has 92 valence electrons. The lowest BCUT2D eigenvalue weighted by atomic mass is 10.1. The Balaban J connectivity index is 1.75. The molecule has 2 heterocycles. The summed E-state index contributed by atoms with van der Waals surface area (Å²) < 4.78 is 0. The number of aromatic nitrogens is 1. The lowest BCUT2D eigenvalue weighted by Gasteiger charge is -2.13. The van der Waals surface area contributed by atoms with E-state index in [0.29, 0.717) is 6.04 Å². The monoisotopic (exact) mass is 256 g/mol. The molecule has 2 nitrogen and oxygen atoms in total. The first kappa shape index (κ1) is 11.5. The highest BCUT2D eigenvalue weighted by molar-refractivity contribution is 7.07. The molecule has 18 heavy (non-hydrogen) atoms. The van der Waals surface area contributed by atoms with Crippen molar-refractivity contribution in [3.8, 4) is 0 Å². The summed E-state index contributed by atoms with van der Waals surface area (Å²) in [6.07, 6.45) is 2.00. The van der Waals surface area contributed by atoms with Crippen LogP contribution in [0.4, 0.5) is 0 Å². The summed E-state index contributed by atoms with van der Waals surface area (Å²) in [6.45, 7) is 3.09. The fraction of sp³-hybridized carbons (Fsp3) is 0.200. The molecule has 2 aromatic heterocycles. The van der Waals surface area contributed by atoms with Gasteiger partial charge in [0.05, 0.1) is 0 Å². The Morgan fingerprint density at radius 3 is 3.06 bits per heavy atom. The zero-order valence-electron chi connectivity index (χ0n) is 10.3. The molecule has 0 spiro atoms. The minimum atomic E-state index is 0.390. The number of H-pyrrole nitrogens is 1. The maximum Gasteiger partial charge on any atom is 0.0499 e. The molecule has 3 aromatic rings. The van der Waals surface area contributed by atoms with E-state index in [-0.39, 0.29) is 0 Å². The van der Waals surface area contributed by atoms with Crippen molar-refractivity contribution >= 4 is 22.2 Å². The summed E-state index contributed by atoms with van der Waals surface area (Å²) in [5.74, 6) is 0. The van der Waals surface area contributed by atoms with E-state index in [1.54, 1.807) is 11.3 Å². The number of aromatic amines is 1. The van der Waals surface area contributed by atoms with E-state index in [0.717, 1.165) is 6.54 Å². The van der Waals surface area contributed by atoms with Crippen molar-refractivity contribution in [1.29, 1.82) is 0 Å². The smallest absolute Gasteiger partial charge is 0.0499 e. The Morgan fingerprint density at radius 1 is 1.28 bits per heavy atom. The maximum atomic E-state index is 3.57. The van der Waals surface area contributed by atoms with Gasteiger partial charge in [-0.3, -0.25) is 0 Å². The average Bonchev–Trinajstić information content (AvgIpc) is 3.05. The molecule has 0 aliphatic rings. The molecule has 1 atom stereocenters. The molecule has 3 heteroatoms. The molecule has 2 N–H and O–H groups in total. The van der Waals surface area contributed by atoms with Crippen molar-refractivity contribution in [3.05, 3.63) is 58.4 Å². The second-order valence-corrected chi connectivity index (χ2v) is 5.30. The zero-order valence-corrected chi connectivity index (χ0v) is 11.1. The van der Waals surface area contributed by atoms with Crippen molar-refractivity contribution in [2.75, 3.05) is 0 Å². The Hall–Kier alpha value is -1.58. The average molecular weight is 256 g/mol. The highest BCUT2D eigenvalue weighted by Gasteiger charge is 2.06. The van der Waals surface area contributed by atoms with E-state index in [1.165, 1.54) is 22.0 Å². The highest BCUT2D eigenvalue weighted by atomic mass is 32.1. The summed E-state index contributed by atoms with van der Waals surface area (Å²) in [6, 6.07) is 11.1. The van der Waals surface area contributed by atoms with Crippen LogP contribution >= 0.6 is 11.3 Å². The van der Waals surface area contributed by atoms with Crippen LogP contribution in [0.3, 0.4) is 0 Å². The number of para-hydroxylation sites is 1. The largest absolute Gasteiger partial charge is 0.361 e. The van der Waals surface area contributed by atoms with Gasteiger partial charge in [-0.2, -0.15) is 11.3 Å². The lowest BCUT2D eigenvalue weighted by molar-refractivity contribution is 0.577. The van der Waals surface area contributed by atoms with Crippen molar-refractivity contribution in [2.24, 2.45) is 0 Å². The molecule has 0 bridgehead atoms. The van der Waals surface area contributed by atoms with Gasteiger partial charge >= 0.3 is 0 Å². The third kappa shape index (κ3) is 2.19. The van der Waals surface area contributed by atoms with E-state index in [9.17, 15) is 0 Å². The fourth-order valence-corrected chi connectivity index (χ4v) is 2.95. The Kier molecular flexibility index (Phi) is 3.17. The van der Waals surface area contributed by atoms with E-state index < -0.39 is 0 Å². The number of benzene rings is 1. The van der Waals surface area contributed by atoms with Gasteiger partial charge in [0, 0.05) is 24.3 Å². The third-order valence-electron chi connectivity index (χ3n) is 3.32. The molecule has 1 aromatic carbocycles.